The molecule has 0 bridgehead atoms. The summed E-state index contributed by atoms with van der Waals surface area (Å²) < 4.78 is 5.03. The Kier molecular flexibility index (Phi) is 4.02. The van der Waals surface area contributed by atoms with E-state index < -0.39 is 0 Å². The second kappa shape index (κ2) is 4.83. The molecule has 1 aliphatic carbocycles. The van der Waals surface area contributed by atoms with Crippen LogP contribution >= 0.6 is 0 Å². The lowest BCUT2D eigenvalue weighted by Crippen LogP contribution is -2.44. The van der Waals surface area contributed by atoms with E-state index in [1.165, 1.54) is 12.8 Å². The van der Waals surface area contributed by atoms with Gasteiger partial charge in [0.2, 0.25) is 0 Å². The zero-order valence-corrected chi connectivity index (χ0v) is 8.47. The Balaban J connectivity index is 1.98. The summed E-state index contributed by atoms with van der Waals surface area (Å²) in [4.78, 5) is 0. The van der Waals surface area contributed by atoms with Gasteiger partial charge in [0.15, 0.2) is 0 Å². The third-order valence-corrected chi connectivity index (χ3v) is 2.65. The minimum atomic E-state index is 0.613. The molecule has 1 atom stereocenters. The van der Waals surface area contributed by atoms with Crippen molar-refractivity contribution in [1.29, 1.82) is 0 Å². The summed E-state index contributed by atoms with van der Waals surface area (Å²) in [7, 11) is 1.76. The van der Waals surface area contributed by atoms with E-state index in [2.05, 4.69) is 19.2 Å². The van der Waals surface area contributed by atoms with E-state index in [1.807, 2.05) is 0 Å². The standard InChI is InChI=1S/C10H21NO/c1-8-6-10(7-8)11-9(2)4-5-12-3/h8-11H,4-7H2,1-3H3. The summed E-state index contributed by atoms with van der Waals surface area (Å²) in [6.07, 6.45) is 3.84. The average Bonchev–Trinajstić information content (AvgIpc) is 1.98. The van der Waals surface area contributed by atoms with Crippen molar-refractivity contribution in [3.05, 3.63) is 0 Å². The fourth-order valence-corrected chi connectivity index (χ4v) is 1.82. The van der Waals surface area contributed by atoms with E-state index in [0.717, 1.165) is 25.0 Å². The van der Waals surface area contributed by atoms with Crippen LogP contribution in [0.3, 0.4) is 0 Å². The maximum atomic E-state index is 5.03. The van der Waals surface area contributed by atoms with Gasteiger partial charge in [-0.1, -0.05) is 6.92 Å². The first-order valence-corrected chi connectivity index (χ1v) is 4.97. The molecule has 1 N–H and O–H groups in total. The molecule has 0 aromatic carbocycles. The molecule has 0 aromatic heterocycles. The van der Waals surface area contributed by atoms with Gasteiger partial charge in [-0.15, -0.1) is 0 Å². The van der Waals surface area contributed by atoms with Crippen molar-refractivity contribution >= 4 is 0 Å². The van der Waals surface area contributed by atoms with Crippen LogP contribution < -0.4 is 5.32 Å². The maximum Gasteiger partial charge on any atom is 0.0476 e. The Morgan fingerprint density at radius 3 is 2.67 bits per heavy atom. The normalized spacial score (nSPS) is 31.2. The number of rotatable bonds is 5. The first-order chi connectivity index (χ1) is 5.72. The Bertz CT molecular complexity index is 121. The highest BCUT2D eigenvalue weighted by atomic mass is 16.5. The number of nitrogens with one attached hydrogen (secondary N) is 1. The molecule has 2 nitrogen and oxygen atoms in total. The van der Waals surface area contributed by atoms with Crippen LogP contribution in [0.4, 0.5) is 0 Å². The highest BCUT2D eigenvalue weighted by Gasteiger charge is 2.25. The van der Waals surface area contributed by atoms with Gasteiger partial charge in [-0.3, -0.25) is 0 Å². The van der Waals surface area contributed by atoms with Crippen molar-refractivity contribution < 1.29 is 4.74 Å². The van der Waals surface area contributed by atoms with E-state index in [4.69, 9.17) is 4.74 Å². The molecular formula is C10H21NO. The van der Waals surface area contributed by atoms with Gasteiger partial charge < -0.3 is 10.1 Å². The van der Waals surface area contributed by atoms with Gasteiger partial charge in [-0.05, 0) is 32.1 Å². The molecule has 0 saturated heterocycles. The van der Waals surface area contributed by atoms with Gasteiger partial charge >= 0.3 is 0 Å². The Labute approximate surface area is 75.7 Å². The Morgan fingerprint density at radius 2 is 2.17 bits per heavy atom. The summed E-state index contributed by atoms with van der Waals surface area (Å²) in [5, 5.41) is 3.60. The zero-order chi connectivity index (χ0) is 8.97. The lowest BCUT2D eigenvalue weighted by atomic mass is 9.81. The van der Waals surface area contributed by atoms with Crippen LogP contribution in [0.15, 0.2) is 0 Å². The van der Waals surface area contributed by atoms with Crippen LogP contribution in [0.25, 0.3) is 0 Å². The molecule has 12 heavy (non-hydrogen) atoms. The quantitative estimate of drug-likeness (QED) is 0.681. The van der Waals surface area contributed by atoms with Crippen LogP contribution in [0.5, 0.6) is 0 Å². The highest BCUT2D eigenvalue weighted by Crippen LogP contribution is 2.26. The van der Waals surface area contributed by atoms with E-state index in [1.54, 1.807) is 7.11 Å². The number of ether oxygens (including phenoxy) is 1. The lowest BCUT2D eigenvalue weighted by Gasteiger charge is -2.35. The van der Waals surface area contributed by atoms with Gasteiger partial charge in [0.1, 0.15) is 0 Å². The third kappa shape index (κ3) is 3.11. The number of hydrogen-bond donors (Lipinski definition) is 1. The lowest BCUT2D eigenvalue weighted by molar-refractivity contribution is 0.168. The van der Waals surface area contributed by atoms with Crippen molar-refractivity contribution in [2.24, 2.45) is 5.92 Å². The van der Waals surface area contributed by atoms with Crippen molar-refractivity contribution in [3.8, 4) is 0 Å². The third-order valence-electron chi connectivity index (χ3n) is 2.65. The Hall–Kier alpha value is -0.0800. The van der Waals surface area contributed by atoms with Gasteiger partial charge in [0.25, 0.3) is 0 Å². The second-order valence-corrected chi connectivity index (χ2v) is 4.12. The van der Waals surface area contributed by atoms with Crippen molar-refractivity contribution in [3.63, 3.8) is 0 Å². The SMILES string of the molecule is COCCC(C)NC1CC(C)C1. The summed E-state index contributed by atoms with van der Waals surface area (Å²) in [5.41, 5.74) is 0. The van der Waals surface area contributed by atoms with E-state index in [-0.39, 0.29) is 0 Å². The Morgan fingerprint density at radius 1 is 1.50 bits per heavy atom. The molecule has 0 aliphatic heterocycles. The fourth-order valence-electron chi connectivity index (χ4n) is 1.82. The molecule has 0 heterocycles. The number of methoxy groups -OCH3 is 1. The highest BCUT2D eigenvalue weighted by molar-refractivity contribution is 4.83. The van der Waals surface area contributed by atoms with Crippen molar-refractivity contribution in [2.75, 3.05) is 13.7 Å². The molecule has 0 amide bonds. The molecular weight excluding hydrogens is 150 g/mol. The van der Waals surface area contributed by atoms with Crippen molar-refractivity contribution in [2.45, 2.75) is 45.2 Å². The van der Waals surface area contributed by atoms with Crippen molar-refractivity contribution in [1.82, 2.24) is 5.32 Å². The second-order valence-electron chi connectivity index (χ2n) is 4.12. The number of hydrogen-bond acceptors (Lipinski definition) is 2. The zero-order valence-electron chi connectivity index (χ0n) is 8.47. The predicted molar refractivity (Wildman–Crippen MR) is 51.3 cm³/mol. The van der Waals surface area contributed by atoms with E-state index in [9.17, 15) is 0 Å². The first kappa shape index (κ1) is 10.0. The molecule has 1 rings (SSSR count). The minimum absolute atomic E-state index is 0.613. The van der Waals surface area contributed by atoms with E-state index in [0.29, 0.717) is 6.04 Å². The van der Waals surface area contributed by atoms with E-state index >= 15 is 0 Å². The molecule has 72 valence electrons. The molecule has 0 spiro atoms. The molecule has 0 radical (unpaired) electrons. The van der Waals surface area contributed by atoms with Crippen LogP contribution in [-0.2, 0) is 4.74 Å². The summed E-state index contributed by atoms with van der Waals surface area (Å²) in [5.74, 6) is 0.942. The largest absolute Gasteiger partial charge is 0.385 e. The van der Waals surface area contributed by atoms with Crippen LogP contribution in [-0.4, -0.2) is 25.8 Å². The predicted octanol–water partition coefficient (Wildman–Crippen LogP) is 1.80. The van der Waals surface area contributed by atoms with Crippen LogP contribution in [0, 0.1) is 5.92 Å². The summed E-state index contributed by atoms with van der Waals surface area (Å²) in [6, 6.07) is 1.40. The van der Waals surface area contributed by atoms with Crippen LogP contribution in [0.2, 0.25) is 0 Å². The molecule has 0 aromatic rings. The molecule has 1 saturated carbocycles. The van der Waals surface area contributed by atoms with Gasteiger partial charge in [0.05, 0.1) is 0 Å². The minimum Gasteiger partial charge on any atom is -0.385 e. The van der Waals surface area contributed by atoms with Gasteiger partial charge in [0, 0.05) is 25.8 Å². The monoisotopic (exact) mass is 171 g/mol. The van der Waals surface area contributed by atoms with Gasteiger partial charge in [-0.2, -0.15) is 0 Å². The smallest absolute Gasteiger partial charge is 0.0476 e. The summed E-state index contributed by atoms with van der Waals surface area (Å²) >= 11 is 0. The average molecular weight is 171 g/mol. The first-order valence-electron chi connectivity index (χ1n) is 4.97. The summed E-state index contributed by atoms with van der Waals surface area (Å²) in [6.45, 7) is 5.43. The maximum absolute atomic E-state index is 5.03. The molecule has 1 unspecified atom stereocenters. The topological polar surface area (TPSA) is 21.3 Å². The molecule has 1 aliphatic rings. The molecule has 1 fully saturated rings. The fraction of sp³-hybridized carbons (Fsp3) is 1.00. The molecule has 2 heteroatoms. The van der Waals surface area contributed by atoms with Crippen LogP contribution in [0.1, 0.15) is 33.1 Å². The van der Waals surface area contributed by atoms with Gasteiger partial charge in [-0.25, -0.2) is 0 Å².